The number of carbonyl (C=O) groups is 12. The molecule has 31 heteroatoms. The van der Waals surface area contributed by atoms with Gasteiger partial charge < -0.3 is 80.2 Å². The Bertz CT molecular complexity index is 3910. The van der Waals surface area contributed by atoms with Gasteiger partial charge in [-0.05, 0) is 95.7 Å². The van der Waals surface area contributed by atoms with Gasteiger partial charge in [-0.15, -0.1) is 0 Å². The summed E-state index contributed by atoms with van der Waals surface area (Å²) in [5, 5.41) is 34.2. The molecule has 5 aromatic rings. The van der Waals surface area contributed by atoms with Crippen molar-refractivity contribution in [2.45, 2.75) is 152 Å². The standard InChI is InChI=1S/C73H93ClN16O14/c1-42(2)33-53(63(94)81-52(15-9-27-79-72(77)78)70(101)89-28-10-16-59(89)68(99)80-43(3)62(76)93)82-66(97)56(39-61(75)92)84-64(95)54(36-45-17-19-47(20-18-45)40-88-29-31-104-32-30-88)83-67(98)58(41-91)86-65(96)55(35-44-11-5-4-6-12-44)85-69(100)60(38-46-22-25-51(74)26-23-46)90-71(102)57(87-73(90)103)37-48-21-24-49-13-7-8-14-50(49)34-48/h4-8,11-14,17-26,34,42-43,52-60,91H,9-10,15-16,27-33,35-41H2,1-3H3,(H2,75,92)(H2,76,93)(H,80,99)(H,81,94)(H,82,97)(H,83,98)(H,84,95)(H,85,100)(H,86,96)(H,87,103)(H4,77,78,79)/t43-,52+,53+,54+,55-,56-,57?,58+,59+,60?/m1/s1. The maximum atomic E-state index is 15.0. The predicted molar refractivity (Wildman–Crippen MR) is 386 cm³/mol. The van der Waals surface area contributed by atoms with E-state index in [2.05, 4.69) is 52.4 Å². The molecule has 30 nitrogen and oxygen atoms in total. The SMILES string of the molecule is CC(C)C[C@H](NC(=O)[C@@H](CC(N)=O)NC(=O)[C@H](Cc1ccc(CN2CCOCC2)cc1)NC(=O)[C@H](CO)NC(=O)[C@@H](Cc1ccccc1)NC(=O)C(Cc1ccc(Cl)cc1)N1C(=O)NC(Cc2ccc3ccccc3c2)C1=O)C(=O)N[C@@H](CCCN=C(N)N)C(=O)N1CCC[C@H]1C(=O)N[C@H](C)C(N)=O. The van der Waals surface area contributed by atoms with E-state index in [0.29, 0.717) is 61.0 Å². The third kappa shape index (κ3) is 23.0. The Morgan fingerprint density at radius 1 is 0.606 bits per heavy atom. The highest BCUT2D eigenvalue weighted by Crippen LogP contribution is 2.25. The van der Waals surface area contributed by atoms with Crippen LogP contribution >= 0.6 is 11.6 Å². The molecule has 10 atom stereocenters. The minimum atomic E-state index is -1.85. The number of nitrogens with zero attached hydrogens (tertiary/aromatic N) is 4. The molecule has 3 aliphatic heterocycles. The van der Waals surface area contributed by atoms with Crippen LogP contribution in [0, 0.1) is 5.92 Å². The van der Waals surface area contributed by atoms with Crippen LogP contribution in [-0.4, -0.2) is 203 Å². The molecule has 2 unspecified atom stereocenters. The molecule has 0 aliphatic carbocycles. The first-order chi connectivity index (χ1) is 49.7. The third-order valence-corrected chi connectivity index (χ3v) is 18.4. The number of nitrogens with two attached hydrogens (primary N) is 4. The average Bonchev–Trinajstić information content (AvgIpc) is 1.59. The van der Waals surface area contributed by atoms with Gasteiger partial charge in [0.15, 0.2) is 5.96 Å². The Kier molecular flexibility index (Phi) is 29.0. The number of carbonyl (C=O) groups excluding carboxylic acids is 12. The van der Waals surface area contributed by atoms with Crippen LogP contribution in [-0.2, 0) is 89.7 Å². The number of morpholine rings is 1. The molecule has 556 valence electrons. The lowest BCUT2D eigenvalue weighted by Crippen LogP contribution is -2.61. The molecule has 5 aromatic carbocycles. The lowest BCUT2D eigenvalue weighted by Gasteiger charge is -2.31. The third-order valence-electron chi connectivity index (χ3n) is 18.2. The summed E-state index contributed by atoms with van der Waals surface area (Å²) in [6.45, 7) is 7.06. The van der Waals surface area contributed by atoms with Crippen molar-refractivity contribution in [1.82, 2.24) is 57.2 Å². The number of nitrogens with one attached hydrogen (secondary N) is 8. The number of likely N-dealkylation sites (tertiary alicyclic amines) is 1. The van der Waals surface area contributed by atoms with Crippen LogP contribution in [0.25, 0.3) is 10.8 Å². The lowest BCUT2D eigenvalue weighted by atomic mass is 9.99. The molecule has 0 saturated carbocycles. The van der Waals surface area contributed by atoms with Crippen LogP contribution in [0.2, 0.25) is 5.02 Å². The summed E-state index contributed by atoms with van der Waals surface area (Å²) in [5.41, 5.74) is 25.4. The number of aliphatic hydroxyl groups excluding tert-OH is 1. The molecule has 0 spiro atoms. The Balaban J connectivity index is 1.03. The molecule has 17 N–H and O–H groups in total. The summed E-state index contributed by atoms with van der Waals surface area (Å²) < 4.78 is 5.51. The number of guanidine groups is 1. The second-order valence-corrected chi connectivity index (χ2v) is 27.1. The van der Waals surface area contributed by atoms with Gasteiger partial charge in [0.25, 0.3) is 5.91 Å². The van der Waals surface area contributed by atoms with Crippen LogP contribution in [0.1, 0.15) is 87.1 Å². The number of ether oxygens (including phenoxy) is 1. The highest BCUT2D eigenvalue weighted by molar-refractivity contribution is 6.30. The maximum Gasteiger partial charge on any atom is 0.325 e. The first-order valence-electron chi connectivity index (χ1n) is 34.7. The molecule has 8 rings (SSSR count). The highest BCUT2D eigenvalue weighted by atomic mass is 35.5. The maximum absolute atomic E-state index is 15.0. The first-order valence-corrected chi connectivity index (χ1v) is 35.1. The zero-order chi connectivity index (χ0) is 75.1. The number of halogens is 1. The van der Waals surface area contributed by atoms with Crippen molar-refractivity contribution in [2.75, 3.05) is 46.0 Å². The van der Waals surface area contributed by atoms with Crippen molar-refractivity contribution >= 4 is 99.3 Å². The summed E-state index contributed by atoms with van der Waals surface area (Å²) in [4.78, 5) is 178. The molecule has 0 bridgehead atoms. The zero-order valence-corrected chi connectivity index (χ0v) is 59.1. The van der Waals surface area contributed by atoms with Gasteiger partial charge >= 0.3 is 6.03 Å². The summed E-state index contributed by atoms with van der Waals surface area (Å²) in [6, 6.07) is 20.1. The van der Waals surface area contributed by atoms with E-state index in [-0.39, 0.29) is 76.3 Å². The Labute approximate surface area is 607 Å². The fraction of sp³-hybridized carbons (Fsp3) is 0.438. The first kappa shape index (κ1) is 79.1. The van der Waals surface area contributed by atoms with Crippen LogP contribution in [0.4, 0.5) is 4.79 Å². The molecule has 3 fully saturated rings. The van der Waals surface area contributed by atoms with Gasteiger partial charge in [0.1, 0.15) is 60.4 Å². The predicted octanol–water partition coefficient (Wildman–Crippen LogP) is -0.258. The minimum absolute atomic E-state index is 0.0463. The van der Waals surface area contributed by atoms with E-state index in [1.807, 2.05) is 54.6 Å². The van der Waals surface area contributed by atoms with Gasteiger partial charge in [-0.1, -0.05) is 135 Å². The molecule has 13 amide bonds. The second kappa shape index (κ2) is 38.1. The van der Waals surface area contributed by atoms with Gasteiger partial charge in [0.05, 0.1) is 26.2 Å². The normalized spacial score (nSPS) is 17.6. The molecule has 0 aromatic heterocycles. The molecule has 3 aliphatic rings. The monoisotopic (exact) mass is 1450 g/mol. The number of hydrogen-bond acceptors (Lipinski definition) is 16. The van der Waals surface area contributed by atoms with Gasteiger partial charge in [0.2, 0.25) is 59.1 Å². The van der Waals surface area contributed by atoms with Gasteiger partial charge in [-0.3, -0.25) is 62.6 Å². The summed E-state index contributed by atoms with van der Waals surface area (Å²) in [6.07, 6.45) is -0.786. The molecule has 104 heavy (non-hydrogen) atoms. The smallest absolute Gasteiger partial charge is 0.325 e. The summed E-state index contributed by atoms with van der Waals surface area (Å²) in [5.74, 6) is -10.5. The quantitative estimate of drug-likeness (QED) is 0.0106. The van der Waals surface area contributed by atoms with E-state index in [9.17, 15) is 57.8 Å². The van der Waals surface area contributed by atoms with Gasteiger partial charge in [-0.25, -0.2) is 9.69 Å². The zero-order valence-electron chi connectivity index (χ0n) is 58.4. The van der Waals surface area contributed by atoms with Crippen molar-refractivity contribution in [3.63, 3.8) is 0 Å². The summed E-state index contributed by atoms with van der Waals surface area (Å²) >= 11 is 6.25. The van der Waals surface area contributed by atoms with Crippen molar-refractivity contribution in [3.8, 4) is 0 Å². The van der Waals surface area contributed by atoms with Crippen molar-refractivity contribution in [1.29, 1.82) is 0 Å². The molecule has 3 heterocycles. The van der Waals surface area contributed by atoms with Gasteiger partial charge in [-0.2, -0.15) is 0 Å². The number of aliphatic hydroxyl groups is 1. The Hall–Kier alpha value is -10.6. The van der Waals surface area contributed by atoms with Crippen LogP contribution in [0.15, 0.2) is 126 Å². The van der Waals surface area contributed by atoms with Crippen molar-refractivity contribution < 1.29 is 67.4 Å². The van der Waals surface area contributed by atoms with E-state index < -0.39 is 144 Å². The van der Waals surface area contributed by atoms with Crippen LogP contribution in [0.5, 0.6) is 0 Å². The molecular weight excluding hydrogens is 1360 g/mol. The second-order valence-electron chi connectivity index (χ2n) is 26.7. The van der Waals surface area contributed by atoms with Crippen molar-refractivity contribution in [2.24, 2.45) is 33.8 Å². The fourth-order valence-electron chi connectivity index (χ4n) is 12.6. The number of hydrogen-bond donors (Lipinski definition) is 13. The topological polar surface area (TPSA) is 457 Å². The molecule has 3 saturated heterocycles. The average molecular weight is 1450 g/mol. The number of imide groups is 1. The van der Waals surface area contributed by atoms with E-state index in [1.165, 1.54) is 11.8 Å². The van der Waals surface area contributed by atoms with E-state index in [1.54, 1.807) is 80.6 Å². The molecular formula is C73H93ClN16O14. The lowest BCUT2D eigenvalue weighted by molar-refractivity contribution is -0.142. The Morgan fingerprint density at radius 3 is 1.78 bits per heavy atom. The number of primary amides is 2. The fourth-order valence-corrected chi connectivity index (χ4v) is 12.7. The number of urea groups is 1. The number of fused-ring (bicyclic) bond motifs is 1. The Morgan fingerprint density at radius 2 is 1.14 bits per heavy atom. The largest absolute Gasteiger partial charge is 0.394 e. The van der Waals surface area contributed by atoms with Crippen molar-refractivity contribution in [3.05, 3.63) is 154 Å². The van der Waals surface area contributed by atoms with Gasteiger partial charge in [0, 0.05) is 63.4 Å². The van der Waals surface area contributed by atoms with E-state index in [4.69, 9.17) is 39.3 Å². The van der Waals surface area contributed by atoms with Crippen LogP contribution in [0.3, 0.4) is 0 Å². The molecule has 0 radical (unpaired) electrons. The number of rotatable bonds is 36. The number of aliphatic imine (C=N–C) groups is 1. The number of benzene rings is 5. The van der Waals surface area contributed by atoms with Crippen LogP contribution < -0.4 is 65.5 Å². The highest BCUT2D eigenvalue weighted by Gasteiger charge is 2.46. The number of amides is 13. The summed E-state index contributed by atoms with van der Waals surface area (Å²) in [7, 11) is 0. The van der Waals surface area contributed by atoms with E-state index in [0.717, 1.165) is 26.8 Å². The minimum Gasteiger partial charge on any atom is -0.394 e. The van der Waals surface area contributed by atoms with E-state index >= 15 is 4.79 Å².